The number of aromatic nitrogens is 1. The number of fused-ring (bicyclic) bond motifs is 1. The molecule has 0 aliphatic carbocycles. The van der Waals surface area contributed by atoms with Gasteiger partial charge in [0.15, 0.2) is 5.89 Å². The number of nitrogens with one attached hydrogen (secondary N) is 1. The van der Waals surface area contributed by atoms with Crippen LogP contribution in [0.1, 0.15) is 27.7 Å². The van der Waals surface area contributed by atoms with Gasteiger partial charge in [-0.3, -0.25) is 4.79 Å². The van der Waals surface area contributed by atoms with Crippen LogP contribution >= 0.6 is 0 Å². The maximum Gasteiger partial charge on any atom is 0.296 e. The van der Waals surface area contributed by atoms with E-state index in [2.05, 4.69) is 10.3 Å². The summed E-state index contributed by atoms with van der Waals surface area (Å²) in [4.78, 5) is 18.7. The lowest BCUT2D eigenvalue weighted by Crippen LogP contribution is -2.34. The van der Waals surface area contributed by atoms with Crippen molar-refractivity contribution in [1.29, 1.82) is 0 Å². The Morgan fingerprint density at radius 1 is 1.35 bits per heavy atom. The molecule has 1 aliphatic heterocycles. The summed E-state index contributed by atoms with van der Waals surface area (Å²) in [5.74, 6) is 0.727. The van der Waals surface area contributed by atoms with Gasteiger partial charge in [-0.25, -0.2) is 4.98 Å². The molecule has 0 atom stereocenters. The zero-order valence-electron chi connectivity index (χ0n) is 11.6. The topological polar surface area (TPSA) is 58.4 Å². The van der Waals surface area contributed by atoms with Gasteiger partial charge in [0.25, 0.3) is 5.91 Å². The van der Waals surface area contributed by atoms with E-state index in [1.54, 1.807) is 18.7 Å². The van der Waals surface area contributed by atoms with Crippen molar-refractivity contribution >= 4 is 11.6 Å². The maximum absolute atomic E-state index is 12.7. The van der Waals surface area contributed by atoms with E-state index in [1.165, 1.54) is 0 Å². The Kier molecular flexibility index (Phi) is 3.28. The summed E-state index contributed by atoms with van der Waals surface area (Å²) in [6.07, 6.45) is 0. The fraction of sp³-hybridized carbons (Fsp3) is 0.333. The molecule has 0 saturated heterocycles. The molecule has 0 unspecified atom stereocenters. The molecule has 2 heterocycles. The zero-order chi connectivity index (χ0) is 14.1. The Morgan fingerprint density at radius 3 is 2.90 bits per heavy atom. The molecule has 0 bridgehead atoms. The molecule has 0 fully saturated rings. The maximum atomic E-state index is 12.7. The highest BCUT2D eigenvalue weighted by Crippen LogP contribution is 2.24. The standard InChI is InChI=1S/C15H17N3O2/c1-10-14(20-11(2)17-10)15(19)18-8-7-16-9-12-5-3-4-6-13(12)18/h3-6,16H,7-9H2,1-2H3. The Balaban J connectivity index is 2.01. The number of carbonyl (C=O) groups excluding carboxylic acids is 1. The molecular weight excluding hydrogens is 254 g/mol. The van der Waals surface area contributed by atoms with Crippen molar-refractivity contribution in [3.8, 4) is 0 Å². The van der Waals surface area contributed by atoms with Crippen LogP contribution in [0, 0.1) is 13.8 Å². The smallest absolute Gasteiger partial charge is 0.296 e. The van der Waals surface area contributed by atoms with Gasteiger partial charge >= 0.3 is 0 Å². The van der Waals surface area contributed by atoms with E-state index in [9.17, 15) is 4.79 Å². The molecule has 1 aromatic carbocycles. The van der Waals surface area contributed by atoms with Crippen LogP contribution in [-0.2, 0) is 6.54 Å². The molecule has 3 rings (SSSR count). The fourth-order valence-electron chi connectivity index (χ4n) is 2.52. The van der Waals surface area contributed by atoms with Gasteiger partial charge in [-0.1, -0.05) is 18.2 Å². The van der Waals surface area contributed by atoms with E-state index in [1.807, 2.05) is 24.3 Å². The number of carbonyl (C=O) groups is 1. The van der Waals surface area contributed by atoms with E-state index in [0.717, 1.165) is 24.3 Å². The average molecular weight is 271 g/mol. The Bertz CT molecular complexity index is 648. The Labute approximate surface area is 117 Å². The number of oxazole rings is 1. The van der Waals surface area contributed by atoms with Crippen molar-refractivity contribution < 1.29 is 9.21 Å². The molecule has 104 valence electrons. The quantitative estimate of drug-likeness (QED) is 0.862. The number of hydrogen-bond donors (Lipinski definition) is 1. The Morgan fingerprint density at radius 2 is 2.15 bits per heavy atom. The van der Waals surface area contributed by atoms with Gasteiger partial charge in [-0.15, -0.1) is 0 Å². The first-order valence-electron chi connectivity index (χ1n) is 6.71. The Hall–Kier alpha value is -2.14. The normalized spacial score (nSPS) is 14.8. The van der Waals surface area contributed by atoms with Crippen molar-refractivity contribution in [2.75, 3.05) is 18.0 Å². The van der Waals surface area contributed by atoms with Gasteiger partial charge < -0.3 is 14.6 Å². The third-order valence-electron chi connectivity index (χ3n) is 3.45. The molecule has 0 radical (unpaired) electrons. The molecule has 5 nitrogen and oxygen atoms in total. The monoisotopic (exact) mass is 271 g/mol. The molecule has 1 N–H and O–H groups in total. The van der Waals surface area contributed by atoms with Gasteiger partial charge in [0.05, 0.1) is 5.69 Å². The van der Waals surface area contributed by atoms with Gasteiger partial charge in [0, 0.05) is 32.2 Å². The third-order valence-corrected chi connectivity index (χ3v) is 3.45. The molecule has 1 amide bonds. The van der Waals surface area contributed by atoms with Gasteiger partial charge in [0.1, 0.15) is 0 Å². The number of hydrogen-bond acceptors (Lipinski definition) is 4. The summed E-state index contributed by atoms with van der Waals surface area (Å²) >= 11 is 0. The molecule has 20 heavy (non-hydrogen) atoms. The van der Waals surface area contributed by atoms with Gasteiger partial charge in [-0.05, 0) is 18.6 Å². The van der Waals surface area contributed by atoms with Crippen molar-refractivity contribution in [3.05, 3.63) is 47.2 Å². The minimum atomic E-state index is -0.126. The minimum absolute atomic E-state index is 0.126. The first kappa shape index (κ1) is 12.9. The zero-order valence-corrected chi connectivity index (χ0v) is 11.6. The number of anilines is 1. The molecule has 1 aliphatic rings. The van der Waals surface area contributed by atoms with Crippen LogP contribution in [0.25, 0.3) is 0 Å². The predicted molar refractivity (Wildman–Crippen MR) is 75.8 cm³/mol. The van der Waals surface area contributed by atoms with Crippen LogP contribution in [0.4, 0.5) is 5.69 Å². The van der Waals surface area contributed by atoms with Gasteiger partial charge in [0.2, 0.25) is 5.76 Å². The summed E-state index contributed by atoms with van der Waals surface area (Å²) < 4.78 is 5.46. The molecule has 0 spiro atoms. The van der Waals surface area contributed by atoms with Crippen LogP contribution in [0.15, 0.2) is 28.7 Å². The lowest BCUT2D eigenvalue weighted by molar-refractivity contribution is 0.0959. The van der Waals surface area contributed by atoms with Crippen LogP contribution in [0.5, 0.6) is 0 Å². The number of rotatable bonds is 1. The number of aryl methyl sites for hydroxylation is 2. The first-order chi connectivity index (χ1) is 9.66. The molecular formula is C15H17N3O2. The predicted octanol–water partition coefficient (Wildman–Crippen LogP) is 2.04. The van der Waals surface area contributed by atoms with Crippen LogP contribution in [0.3, 0.4) is 0 Å². The fourth-order valence-corrected chi connectivity index (χ4v) is 2.52. The number of benzene rings is 1. The first-order valence-corrected chi connectivity index (χ1v) is 6.71. The lowest BCUT2D eigenvalue weighted by Gasteiger charge is -2.21. The van der Waals surface area contributed by atoms with Crippen LogP contribution in [0.2, 0.25) is 0 Å². The number of para-hydroxylation sites is 1. The molecule has 1 aromatic heterocycles. The highest BCUT2D eigenvalue weighted by Gasteiger charge is 2.26. The minimum Gasteiger partial charge on any atom is -0.436 e. The number of amides is 1. The second-order valence-electron chi connectivity index (χ2n) is 4.91. The largest absolute Gasteiger partial charge is 0.436 e. The number of nitrogens with zero attached hydrogens (tertiary/aromatic N) is 2. The van der Waals surface area contributed by atoms with Crippen molar-refractivity contribution in [2.45, 2.75) is 20.4 Å². The van der Waals surface area contributed by atoms with Crippen LogP contribution in [-0.4, -0.2) is 24.0 Å². The third kappa shape index (κ3) is 2.20. The molecule has 2 aromatic rings. The van der Waals surface area contributed by atoms with E-state index < -0.39 is 0 Å². The van der Waals surface area contributed by atoms with Gasteiger partial charge in [-0.2, -0.15) is 0 Å². The SMILES string of the molecule is Cc1nc(C)c(C(=O)N2CCNCc3ccccc32)o1. The summed E-state index contributed by atoms with van der Waals surface area (Å²) in [6, 6.07) is 7.94. The second-order valence-corrected chi connectivity index (χ2v) is 4.91. The average Bonchev–Trinajstić information content (AvgIpc) is 2.66. The van der Waals surface area contributed by atoms with E-state index in [-0.39, 0.29) is 5.91 Å². The highest BCUT2D eigenvalue weighted by molar-refractivity contribution is 6.05. The summed E-state index contributed by atoms with van der Waals surface area (Å²) in [7, 11) is 0. The second kappa shape index (κ2) is 5.09. The summed E-state index contributed by atoms with van der Waals surface area (Å²) in [6.45, 7) is 5.70. The van der Waals surface area contributed by atoms with Crippen LogP contribution < -0.4 is 10.2 Å². The summed E-state index contributed by atoms with van der Waals surface area (Å²) in [5.41, 5.74) is 2.70. The van der Waals surface area contributed by atoms with E-state index in [0.29, 0.717) is 23.9 Å². The lowest BCUT2D eigenvalue weighted by atomic mass is 10.1. The van der Waals surface area contributed by atoms with Crippen molar-refractivity contribution in [2.24, 2.45) is 0 Å². The van der Waals surface area contributed by atoms with Crippen molar-refractivity contribution in [3.63, 3.8) is 0 Å². The van der Waals surface area contributed by atoms with Crippen molar-refractivity contribution in [1.82, 2.24) is 10.3 Å². The van der Waals surface area contributed by atoms with E-state index in [4.69, 9.17) is 4.42 Å². The summed E-state index contributed by atoms with van der Waals surface area (Å²) in [5, 5.41) is 3.32. The molecule has 5 heteroatoms. The molecule has 0 saturated carbocycles. The van der Waals surface area contributed by atoms with E-state index >= 15 is 0 Å². The highest BCUT2D eigenvalue weighted by atomic mass is 16.4.